The van der Waals surface area contributed by atoms with Crippen molar-refractivity contribution < 1.29 is 9.53 Å². The molecule has 1 heterocycles. The van der Waals surface area contributed by atoms with Crippen LogP contribution in [-0.4, -0.2) is 43.6 Å². The summed E-state index contributed by atoms with van der Waals surface area (Å²) < 4.78 is 5.31. The first-order valence-electron chi connectivity index (χ1n) is 6.83. The number of amides is 1. The fourth-order valence-corrected chi connectivity index (χ4v) is 2.47. The third kappa shape index (κ3) is 3.70. The van der Waals surface area contributed by atoms with Gasteiger partial charge in [0.25, 0.3) is 0 Å². The summed E-state index contributed by atoms with van der Waals surface area (Å²) in [4.78, 5) is 14.1. The van der Waals surface area contributed by atoms with Gasteiger partial charge in [-0.3, -0.25) is 4.79 Å². The monoisotopic (exact) mass is 262 g/mol. The number of rotatable bonds is 4. The smallest absolute Gasteiger partial charge is 0.223 e. The van der Waals surface area contributed by atoms with Crippen molar-refractivity contribution in [3.63, 3.8) is 0 Å². The SMILES string of the molecule is COc1ccccc1CCC(=O)N1CCNC(C)C1. The van der Waals surface area contributed by atoms with E-state index in [9.17, 15) is 4.79 Å². The van der Waals surface area contributed by atoms with Gasteiger partial charge in [-0.1, -0.05) is 18.2 Å². The van der Waals surface area contributed by atoms with Crippen LogP contribution in [0.4, 0.5) is 0 Å². The lowest BCUT2D eigenvalue weighted by atomic mass is 10.1. The minimum atomic E-state index is 0.235. The van der Waals surface area contributed by atoms with E-state index in [-0.39, 0.29) is 5.91 Å². The Labute approximate surface area is 114 Å². The van der Waals surface area contributed by atoms with Crippen LogP contribution in [-0.2, 0) is 11.2 Å². The van der Waals surface area contributed by atoms with E-state index in [4.69, 9.17) is 4.74 Å². The molecule has 19 heavy (non-hydrogen) atoms. The van der Waals surface area contributed by atoms with Gasteiger partial charge in [0.2, 0.25) is 5.91 Å². The summed E-state index contributed by atoms with van der Waals surface area (Å²) in [6.07, 6.45) is 1.29. The predicted octanol–water partition coefficient (Wildman–Crippen LogP) is 1.45. The molecule has 1 aliphatic rings. The number of piperazine rings is 1. The molecule has 0 radical (unpaired) electrons. The lowest BCUT2D eigenvalue weighted by molar-refractivity contribution is -0.132. The lowest BCUT2D eigenvalue weighted by Gasteiger charge is -2.32. The van der Waals surface area contributed by atoms with Crippen LogP contribution in [0, 0.1) is 0 Å². The molecule has 104 valence electrons. The van der Waals surface area contributed by atoms with Crippen molar-refractivity contribution >= 4 is 5.91 Å². The van der Waals surface area contributed by atoms with Crippen LogP contribution < -0.4 is 10.1 Å². The molecule has 1 atom stereocenters. The van der Waals surface area contributed by atoms with Crippen LogP contribution in [0.2, 0.25) is 0 Å². The maximum absolute atomic E-state index is 12.2. The highest BCUT2D eigenvalue weighted by atomic mass is 16.5. The molecule has 1 aliphatic heterocycles. The largest absolute Gasteiger partial charge is 0.496 e. The normalized spacial score (nSPS) is 19.3. The number of carbonyl (C=O) groups is 1. The van der Waals surface area contributed by atoms with Crippen molar-refractivity contribution in [2.75, 3.05) is 26.7 Å². The van der Waals surface area contributed by atoms with E-state index in [1.807, 2.05) is 29.2 Å². The molecule has 0 bridgehead atoms. The van der Waals surface area contributed by atoms with Gasteiger partial charge in [0.05, 0.1) is 7.11 Å². The summed E-state index contributed by atoms with van der Waals surface area (Å²) in [7, 11) is 1.67. The standard InChI is InChI=1S/C15H22N2O2/c1-12-11-17(10-9-16-12)15(18)8-7-13-5-3-4-6-14(13)19-2/h3-6,12,16H,7-11H2,1-2H3. The average Bonchev–Trinajstić information content (AvgIpc) is 2.45. The molecule has 1 amide bonds. The molecule has 4 heteroatoms. The Kier molecular flexibility index (Phi) is 4.80. The third-order valence-corrected chi connectivity index (χ3v) is 3.52. The van der Waals surface area contributed by atoms with Gasteiger partial charge >= 0.3 is 0 Å². The predicted molar refractivity (Wildman–Crippen MR) is 75.4 cm³/mol. The van der Waals surface area contributed by atoms with E-state index in [1.165, 1.54) is 0 Å². The number of benzene rings is 1. The number of methoxy groups -OCH3 is 1. The summed E-state index contributed by atoms with van der Waals surface area (Å²) >= 11 is 0. The molecule has 4 nitrogen and oxygen atoms in total. The van der Waals surface area contributed by atoms with Crippen molar-refractivity contribution in [1.29, 1.82) is 0 Å². The van der Waals surface area contributed by atoms with Crippen molar-refractivity contribution in [3.8, 4) is 5.75 Å². The number of nitrogens with zero attached hydrogens (tertiary/aromatic N) is 1. The van der Waals surface area contributed by atoms with Gasteiger partial charge in [-0.25, -0.2) is 0 Å². The fraction of sp³-hybridized carbons (Fsp3) is 0.533. The summed E-state index contributed by atoms with van der Waals surface area (Å²) in [6.45, 7) is 4.63. The van der Waals surface area contributed by atoms with Crippen molar-refractivity contribution in [2.45, 2.75) is 25.8 Å². The molecule has 2 rings (SSSR count). The molecule has 0 aliphatic carbocycles. The van der Waals surface area contributed by atoms with E-state index in [1.54, 1.807) is 7.11 Å². The van der Waals surface area contributed by atoms with Crippen LogP contribution >= 0.6 is 0 Å². The zero-order chi connectivity index (χ0) is 13.7. The second kappa shape index (κ2) is 6.57. The summed E-state index contributed by atoms with van der Waals surface area (Å²) in [5.41, 5.74) is 1.10. The van der Waals surface area contributed by atoms with Gasteiger partial charge in [-0.15, -0.1) is 0 Å². The molecule has 1 N–H and O–H groups in total. The highest BCUT2D eigenvalue weighted by Crippen LogP contribution is 2.19. The summed E-state index contributed by atoms with van der Waals surface area (Å²) in [5.74, 6) is 1.10. The molecule has 0 spiro atoms. The maximum atomic E-state index is 12.2. The molecule has 1 saturated heterocycles. The van der Waals surface area contributed by atoms with E-state index < -0.39 is 0 Å². The topological polar surface area (TPSA) is 41.6 Å². The van der Waals surface area contributed by atoms with Crippen LogP contribution in [0.3, 0.4) is 0 Å². The number of hydrogen-bond acceptors (Lipinski definition) is 3. The highest BCUT2D eigenvalue weighted by molar-refractivity contribution is 5.76. The Bertz CT molecular complexity index is 434. The zero-order valence-corrected chi connectivity index (χ0v) is 11.7. The number of aryl methyl sites for hydroxylation is 1. The Hall–Kier alpha value is -1.55. The van der Waals surface area contributed by atoms with Crippen LogP contribution in [0.5, 0.6) is 5.75 Å². The first-order chi connectivity index (χ1) is 9.20. The maximum Gasteiger partial charge on any atom is 0.223 e. The van der Waals surface area contributed by atoms with E-state index in [0.29, 0.717) is 12.5 Å². The molecular weight excluding hydrogens is 240 g/mol. The lowest BCUT2D eigenvalue weighted by Crippen LogP contribution is -2.51. The molecule has 1 unspecified atom stereocenters. The van der Waals surface area contributed by atoms with Gasteiger partial charge in [0.15, 0.2) is 0 Å². The number of ether oxygens (including phenoxy) is 1. The zero-order valence-electron chi connectivity index (χ0n) is 11.7. The molecule has 1 aromatic rings. The van der Waals surface area contributed by atoms with Gasteiger partial charge in [0.1, 0.15) is 5.75 Å². The number of nitrogens with one attached hydrogen (secondary N) is 1. The Balaban J connectivity index is 1.89. The Morgan fingerprint density at radius 1 is 1.47 bits per heavy atom. The molecule has 0 aromatic heterocycles. The van der Waals surface area contributed by atoms with Gasteiger partial charge in [-0.05, 0) is 25.0 Å². The number of para-hydroxylation sites is 1. The van der Waals surface area contributed by atoms with Gasteiger partial charge < -0.3 is 15.0 Å². The number of carbonyl (C=O) groups excluding carboxylic acids is 1. The van der Waals surface area contributed by atoms with E-state index in [2.05, 4.69) is 12.2 Å². The Morgan fingerprint density at radius 3 is 3.00 bits per heavy atom. The Morgan fingerprint density at radius 2 is 2.26 bits per heavy atom. The fourth-order valence-electron chi connectivity index (χ4n) is 2.47. The molecule has 0 saturated carbocycles. The van der Waals surface area contributed by atoms with E-state index >= 15 is 0 Å². The van der Waals surface area contributed by atoms with Gasteiger partial charge in [0, 0.05) is 32.1 Å². The quantitative estimate of drug-likeness (QED) is 0.893. The second-order valence-corrected chi connectivity index (χ2v) is 5.01. The first kappa shape index (κ1) is 13.9. The average molecular weight is 262 g/mol. The van der Waals surface area contributed by atoms with E-state index in [0.717, 1.165) is 37.4 Å². The minimum Gasteiger partial charge on any atom is -0.496 e. The third-order valence-electron chi connectivity index (χ3n) is 3.52. The molecule has 1 aromatic carbocycles. The second-order valence-electron chi connectivity index (χ2n) is 5.01. The van der Waals surface area contributed by atoms with Gasteiger partial charge in [-0.2, -0.15) is 0 Å². The van der Waals surface area contributed by atoms with Crippen molar-refractivity contribution in [3.05, 3.63) is 29.8 Å². The summed E-state index contributed by atoms with van der Waals surface area (Å²) in [5, 5.41) is 3.34. The number of hydrogen-bond donors (Lipinski definition) is 1. The highest BCUT2D eigenvalue weighted by Gasteiger charge is 2.20. The molecular formula is C15H22N2O2. The molecule has 1 fully saturated rings. The van der Waals surface area contributed by atoms with Crippen molar-refractivity contribution in [2.24, 2.45) is 0 Å². The summed E-state index contributed by atoms with van der Waals surface area (Å²) in [6, 6.07) is 8.28. The van der Waals surface area contributed by atoms with Crippen LogP contribution in [0.25, 0.3) is 0 Å². The van der Waals surface area contributed by atoms with Crippen molar-refractivity contribution in [1.82, 2.24) is 10.2 Å². The first-order valence-corrected chi connectivity index (χ1v) is 6.83. The van der Waals surface area contributed by atoms with Crippen LogP contribution in [0.15, 0.2) is 24.3 Å². The van der Waals surface area contributed by atoms with Crippen LogP contribution in [0.1, 0.15) is 18.9 Å². The minimum absolute atomic E-state index is 0.235.